The molecule has 0 aliphatic heterocycles. The molecule has 0 unspecified atom stereocenters. The average Bonchev–Trinajstić information content (AvgIpc) is 2.91. The molecule has 11 nitrogen and oxygen atoms in total. The molecule has 39 heavy (non-hydrogen) atoms. The molecule has 0 radical (unpaired) electrons. The highest BCUT2D eigenvalue weighted by atomic mass is 16.6. The highest BCUT2D eigenvalue weighted by Gasteiger charge is 2.51. The summed E-state index contributed by atoms with van der Waals surface area (Å²) in [5.74, 6) is -3.59. The monoisotopic (exact) mass is 541 g/mol. The van der Waals surface area contributed by atoms with E-state index in [0.717, 1.165) is 6.92 Å². The van der Waals surface area contributed by atoms with E-state index in [9.17, 15) is 28.8 Å². The van der Waals surface area contributed by atoms with Crippen LogP contribution in [0.3, 0.4) is 0 Å². The van der Waals surface area contributed by atoms with Crippen LogP contribution in [-0.4, -0.2) is 60.7 Å². The number of esters is 3. The van der Waals surface area contributed by atoms with Crippen LogP contribution in [0.4, 0.5) is 0 Å². The van der Waals surface area contributed by atoms with Gasteiger partial charge in [-0.05, 0) is 62.4 Å². The number of carbonyl (C=O) groups excluding carboxylic acids is 6. The van der Waals surface area contributed by atoms with Crippen LogP contribution >= 0.6 is 0 Å². The highest BCUT2D eigenvalue weighted by molar-refractivity contribution is 6.13. The second-order valence-corrected chi connectivity index (χ2v) is 8.22. The third-order valence-corrected chi connectivity index (χ3v) is 5.30. The number of benzene rings is 2. The van der Waals surface area contributed by atoms with Crippen LogP contribution in [0.25, 0.3) is 0 Å². The van der Waals surface area contributed by atoms with Crippen LogP contribution < -0.4 is 10.1 Å². The standard InChI is InChI=1S/C28H31NO10/c1-5-25(33)38-17-24(32)20-10-14-22(15-11-20)39-21-12-8-19(9-13-21)23(31)16-28(29-18(4)30,26(34)36-6-2)27(35)37-7-3/h8-15H,5-7,16-17H2,1-4H3,(H,29,30). The van der Waals surface area contributed by atoms with Crippen molar-refractivity contribution in [3.63, 3.8) is 0 Å². The van der Waals surface area contributed by atoms with Crippen LogP contribution in [0.1, 0.15) is 61.3 Å². The lowest BCUT2D eigenvalue weighted by Crippen LogP contribution is -2.62. The van der Waals surface area contributed by atoms with Crippen LogP contribution in [0, 0.1) is 0 Å². The third-order valence-electron chi connectivity index (χ3n) is 5.30. The Balaban J connectivity index is 2.15. The lowest BCUT2D eigenvalue weighted by Gasteiger charge is -2.29. The van der Waals surface area contributed by atoms with E-state index in [-0.39, 0.29) is 37.6 Å². The zero-order chi connectivity index (χ0) is 29.0. The molecule has 0 saturated heterocycles. The lowest BCUT2D eigenvalue weighted by molar-refractivity contribution is -0.167. The molecule has 208 valence electrons. The molecule has 2 aromatic rings. The molecule has 2 rings (SSSR count). The van der Waals surface area contributed by atoms with E-state index in [1.165, 1.54) is 50.2 Å². The lowest BCUT2D eigenvalue weighted by atomic mass is 9.89. The Kier molecular flexibility index (Phi) is 11.3. The number of ketones is 2. The zero-order valence-corrected chi connectivity index (χ0v) is 22.2. The van der Waals surface area contributed by atoms with Gasteiger partial charge in [-0.15, -0.1) is 0 Å². The van der Waals surface area contributed by atoms with Gasteiger partial charge < -0.3 is 24.3 Å². The predicted molar refractivity (Wildman–Crippen MR) is 137 cm³/mol. The summed E-state index contributed by atoms with van der Waals surface area (Å²) in [6.07, 6.45) is -0.537. The summed E-state index contributed by atoms with van der Waals surface area (Å²) < 4.78 is 20.5. The van der Waals surface area contributed by atoms with Crippen molar-refractivity contribution in [2.24, 2.45) is 0 Å². The van der Waals surface area contributed by atoms with E-state index < -0.39 is 41.6 Å². The molecule has 1 N–H and O–H groups in total. The Morgan fingerprint density at radius 3 is 1.56 bits per heavy atom. The fourth-order valence-electron chi connectivity index (χ4n) is 3.41. The van der Waals surface area contributed by atoms with Gasteiger partial charge >= 0.3 is 17.9 Å². The average molecular weight is 542 g/mol. The normalized spacial score (nSPS) is 10.7. The maximum absolute atomic E-state index is 13.1. The maximum atomic E-state index is 13.1. The summed E-state index contributed by atoms with van der Waals surface area (Å²) in [6, 6.07) is 12.1. The number of nitrogens with one attached hydrogen (secondary N) is 1. The number of rotatable bonds is 14. The van der Waals surface area contributed by atoms with Crippen LogP contribution in [-0.2, 0) is 33.4 Å². The number of carbonyl (C=O) groups is 6. The summed E-state index contributed by atoms with van der Waals surface area (Å²) >= 11 is 0. The van der Waals surface area contributed by atoms with Crippen LogP contribution in [0.2, 0.25) is 0 Å². The number of hydrogen-bond acceptors (Lipinski definition) is 10. The molecule has 11 heteroatoms. The third kappa shape index (κ3) is 8.49. The number of ether oxygens (including phenoxy) is 4. The largest absolute Gasteiger partial charge is 0.464 e. The smallest absolute Gasteiger partial charge is 0.344 e. The maximum Gasteiger partial charge on any atom is 0.344 e. The van der Waals surface area contributed by atoms with Gasteiger partial charge in [0.05, 0.1) is 19.6 Å². The van der Waals surface area contributed by atoms with Crippen LogP contribution in [0.15, 0.2) is 48.5 Å². The summed E-state index contributed by atoms with van der Waals surface area (Å²) in [4.78, 5) is 73.7. The molecule has 1 amide bonds. The minimum absolute atomic E-state index is 0.0821. The van der Waals surface area contributed by atoms with Crippen molar-refractivity contribution in [2.75, 3.05) is 19.8 Å². The van der Waals surface area contributed by atoms with Crippen molar-refractivity contribution in [1.29, 1.82) is 0 Å². The van der Waals surface area contributed by atoms with E-state index in [1.807, 2.05) is 0 Å². The van der Waals surface area contributed by atoms with Crippen molar-refractivity contribution in [3.05, 3.63) is 59.7 Å². The van der Waals surface area contributed by atoms with E-state index in [0.29, 0.717) is 17.1 Å². The summed E-state index contributed by atoms with van der Waals surface area (Å²) in [5, 5.41) is 2.25. The minimum Gasteiger partial charge on any atom is -0.464 e. The highest BCUT2D eigenvalue weighted by Crippen LogP contribution is 2.25. The van der Waals surface area contributed by atoms with Gasteiger partial charge in [0, 0.05) is 24.5 Å². The molecule has 0 aromatic heterocycles. The van der Waals surface area contributed by atoms with E-state index >= 15 is 0 Å². The van der Waals surface area contributed by atoms with Crippen molar-refractivity contribution in [3.8, 4) is 11.5 Å². The molecule has 0 aliphatic carbocycles. The Hall–Kier alpha value is -4.54. The van der Waals surface area contributed by atoms with Crippen molar-refractivity contribution >= 4 is 35.4 Å². The molecule has 0 fully saturated rings. The Bertz CT molecular complexity index is 1180. The Labute approximate surface area is 225 Å². The van der Waals surface area contributed by atoms with Crippen LogP contribution in [0.5, 0.6) is 11.5 Å². The fourth-order valence-corrected chi connectivity index (χ4v) is 3.41. The number of hydrogen-bond donors (Lipinski definition) is 1. The number of Topliss-reactive ketones (excluding diaryl/α,β-unsaturated/α-hetero) is 2. The molecular weight excluding hydrogens is 510 g/mol. The zero-order valence-electron chi connectivity index (χ0n) is 22.2. The first-order valence-electron chi connectivity index (χ1n) is 12.3. The quantitative estimate of drug-likeness (QED) is 0.163. The molecular formula is C28H31NO10. The number of amides is 1. The predicted octanol–water partition coefficient (Wildman–Crippen LogP) is 3.19. The van der Waals surface area contributed by atoms with Gasteiger partial charge in [-0.3, -0.25) is 19.2 Å². The topological polar surface area (TPSA) is 151 Å². The molecule has 0 bridgehead atoms. The first kappa shape index (κ1) is 30.7. The van der Waals surface area contributed by atoms with Gasteiger partial charge in [0.1, 0.15) is 11.5 Å². The molecule has 0 spiro atoms. The molecule has 0 atom stereocenters. The first-order chi connectivity index (χ1) is 18.6. The van der Waals surface area contributed by atoms with Gasteiger partial charge in [-0.1, -0.05) is 6.92 Å². The van der Waals surface area contributed by atoms with Crippen molar-refractivity contribution in [1.82, 2.24) is 5.32 Å². The van der Waals surface area contributed by atoms with Gasteiger partial charge in [0.15, 0.2) is 18.2 Å². The van der Waals surface area contributed by atoms with Crippen molar-refractivity contribution in [2.45, 2.75) is 46.1 Å². The fraction of sp³-hybridized carbons (Fsp3) is 0.357. The Morgan fingerprint density at radius 1 is 0.692 bits per heavy atom. The summed E-state index contributed by atoms with van der Waals surface area (Å²) in [7, 11) is 0. The summed E-state index contributed by atoms with van der Waals surface area (Å²) in [5.41, 5.74) is -1.84. The SMILES string of the molecule is CCOC(=O)C(CC(=O)c1ccc(Oc2ccc(C(=O)COC(=O)CC)cc2)cc1)(NC(C)=O)C(=O)OCC. The van der Waals surface area contributed by atoms with Gasteiger partial charge in [0.2, 0.25) is 11.4 Å². The van der Waals surface area contributed by atoms with E-state index in [2.05, 4.69) is 5.32 Å². The van der Waals surface area contributed by atoms with Crippen molar-refractivity contribution < 1.29 is 47.7 Å². The molecule has 0 heterocycles. The second-order valence-electron chi connectivity index (χ2n) is 8.22. The molecule has 2 aromatic carbocycles. The minimum atomic E-state index is -2.34. The first-order valence-corrected chi connectivity index (χ1v) is 12.3. The molecule has 0 aliphatic rings. The van der Waals surface area contributed by atoms with E-state index in [4.69, 9.17) is 18.9 Å². The second kappa shape index (κ2) is 14.4. The molecule has 0 saturated carbocycles. The van der Waals surface area contributed by atoms with Gasteiger partial charge in [0.25, 0.3) is 0 Å². The van der Waals surface area contributed by atoms with E-state index in [1.54, 1.807) is 19.1 Å². The van der Waals surface area contributed by atoms with Gasteiger partial charge in [-0.2, -0.15) is 0 Å². The van der Waals surface area contributed by atoms with Gasteiger partial charge in [-0.25, -0.2) is 9.59 Å². The Morgan fingerprint density at radius 2 is 1.15 bits per heavy atom. The summed E-state index contributed by atoms with van der Waals surface area (Å²) in [6.45, 7) is 5.27.